The van der Waals surface area contributed by atoms with Crippen molar-refractivity contribution >= 4 is 27.4 Å². The highest BCUT2D eigenvalue weighted by Crippen LogP contribution is 2.35. The van der Waals surface area contributed by atoms with Crippen LogP contribution in [0.3, 0.4) is 0 Å². The first kappa shape index (κ1) is 18.4. The summed E-state index contributed by atoms with van der Waals surface area (Å²) in [5, 5.41) is 5.52. The molecule has 0 atom stereocenters. The predicted octanol–water partition coefficient (Wildman–Crippen LogP) is 2.40. The summed E-state index contributed by atoms with van der Waals surface area (Å²) in [5.41, 5.74) is 1.05. The number of hydrogen-bond donors (Lipinski definition) is 2. The number of rotatable bonds is 6. The van der Waals surface area contributed by atoms with E-state index >= 15 is 0 Å². The van der Waals surface area contributed by atoms with Gasteiger partial charge in [0.1, 0.15) is 5.75 Å². The van der Waals surface area contributed by atoms with Gasteiger partial charge in [0.15, 0.2) is 0 Å². The summed E-state index contributed by atoms with van der Waals surface area (Å²) in [5.74, 6) is 1.08. The minimum atomic E-state index is -3.28. The van der Waals surface area contributed by atoms with Gasteiger partial charge in [-0.3, -0.25) is 4.31 Å². The Hall–Kier alpha value is -1.96. The lowest BCUT2D eigenvalue weighted by Gasteiger charge is -2.20. The summed E-state index contributed by atoms with van der Waals surface area (Å²) in [4.78, 5) is 11.9. The van der Waals surface area contributed by atoms with Crippen LogP contribution in [0.5, 0.6) is 5.75 Å². The van der Waals surface area contributed by atoms with Crippen molar-refractivity contribution in [3.63, 3.8) is 0 Å². The highest BCUT2D eigenvalue weighted by Gasteiger charge is 2.30. The first-order valence-corrected chi connectivity index (χ1v) is 9.67. The molecule has 0 radical (unpaired) electrons. The van der Waals surface area contributed by atoms with E-state index in [9.17, 15) is 13.2 Å². The maximum absolute atomic E-state index is 12.1. The number of urea groups is 1. The average Bonchev–Trinajstić information content (AvgIpc) is 2.86. The molecular weight excluding hydrogens is 330 g/mol. The van der Waals surface area contributed by atoms with E-state index in [0.717, 1.165) is 6.42 Å². The molecule has 0 unspecified atom stereocenters. The number of benzene rings is 1. The van der Waals surface area contributed by atoms with Crippen LogP contribution in [0.25, 0.3) is 0 Å². The number of methoxy groups -OCH3 is 1. The minimum Gasteiger partial charge on any atom is -0.494 e. The van der Waals surface area contributed by atoms with Gasteiger partial charge in [0, 0.05) is 24.8 Å². The van der Waals surface area contributed by atoms with Crippen molar-refractivity contribution in [3.05, 3.63) is 18.2 Å². The van der Waals surface area contributed by atoms with E-state index in [-0.39, 0.29) is 11.8 Å². The zero-order valence-electron chi connectivity index (χ0n) is 14.3. The van der Waals surface area contributed by atoms with Crippen LogP contribution in [0.15, 0.2) is 18.2 Å². The first-order valence-electron chi connectivity index (χ1n) is 8.07. The summed E-state index contributed by atoms with van der Waals surface area (Å²) in [6.07, 6.45) is 1.51. The molecule has 2 rings (SSSR count). The molecule has 1 heterocycles. The zero-order valence-corrected chi connectivity index (χ0v) is 15.1. The summed E-state index contributed by atoms with van der Waals surface area (Å²) < 4.78 is 30.8. The average molecular weight is 355 g/mol. The molecule has 1 aromatic rings. The molecule has 2 N–H and O–H groups in total. The standard InChI is InChI=1S/C16H25N3O4S/c1-12(2)7-8-17-16(20)18-13-5-6-14(15(11-13)23-3)19-9-4-10-24(19,21)22/h5-6,11-12H,4,7-10H2,1-3H3,(H2,17,18,20). The van der Waals surface area contributed by atoms with Gasteiger partial charge < -0.3 is 15.4 Å². The number of ether oxygens (including phenoxy) is 1. The van der Waals surface area contributed by atoms with E-state index in [2.05, 4.69) is 24.5 Å². The van der Waals surface area contributed by atoms with E-state index in [1.807, 2.05) is 0 Å². The van der Waals surface area contributed by atoms with Crippen LogP contribution in [0.4, 0.5) is 16.2 Å². The Labute approximate surface area is 143 Å². The molecule has 1 aliphatic heterocycles. The second-order valence-corrected chi connectivity index (χ2v) is 8.20. The van der Waals surface area contributed by atoms with Crippen molar-refractivity contribution in [1.29, 1.82) is 0 Å². The molecule has 0 aromatic heterocycles. The lowest BCUT2D eigenvalue weighted by atomic mass is 10.1. The molecule has 8 heteroatoms. The molecule has 0 aliphatic carbocycles. The highest BCUT2D eigenvalue weighted by atomic mass is 32.2. The summed E-state index contributed by atoms with van der Waals surface area (Å²) >= 11 is 0. The van der Waals surface area contributed by atoms with E-state index in [1.54, 1.807) is 18.2 Å². The van der Waals surface area contributed by atoms with Crippen LogP contribution in [0, 0.1) is 5.92 Å². The summed E-state index contributed by atoms with van der Waals surface area (Å²) in [6, 6.07) is 4.67. The fraction of sp³-hybridized carbons (Fsp3) is 0.562. The maximum atomic E-state index is 12.1. The van der Waals surface area contributed by atoms with Gasteiger partial charge >= 0.3 is 6.03 Å². The van der Waals surface area contributed by atoms with Crippen LogP contribution in [0.2, 0.25) is 0 Å². The number of sulfonamides is 1. The number of nitrogens with one attached hydrogen (secondary N) is 2. The second-order valence-electron chi connectivity index (χ2n) is 6.19. The van der Waals surface area contributed by atoms with Gasteiger partial charge in [-0.15, -0.1) is 0 Å². The molecule has 134 valence electrons. The van der Waals surface area contributed by atoms with Crippen LogP contribution in [-0.4, -0.2) is 40.4 Å². The molecule has 1 saturated heterocycles. The lowest BCUT2D eigenvalue weighted by Crippen LogP contribution is -2.30. The summed E-state index contributed by atoms with van der Waals surface area (Å²) in [6.45, 7) is 5.23. The molecule has 7 nitrogen and oxygen atoms in total. The van der Waals surface area contributed by atoms with Gasteiger partial charge in [-0.05, 0) is 30.9 Å². The fourth-order valence-corrected chi connectivity index (χ4v) is 4.09. The van der Waals surface area contributed by atoms with Crippen molar-refractivity contribution in [2.24, 2.45) is 5.92 Å². The molecule has 1 fully saturated rings. The van der Waals surface area contributed by atoms with E-state index in [1.165, 1.54) is 11.4 Å². The predicted molar refractivity (Wildman–Crippen MR) is 95.2 cm³/mol. The normalized spacial score (nSPS) is 16.2. The third kappa shape index (κ3) is 4.53. The van der Waals surface area contributed by atoms with Crippen LogP contribution in [-0.2, 0) is 10.0 Å². The quantitative estimate of drug-likeness (QED) is 0.820. The molecule has 2 amide bonds. The van der Waals surface area contributed by atoms with Crippen molar-refractivity contribution in [2.75, 3.05) is 35.6 Å². The van der Waals surface area contributed by atoms with Crippen LogP contribution < -0.4 is 19.7 Å². The Bertz CT molecular complexity index is 689. The lowest BCUT2D eigenvalue weighted by molar-refractivity contribution is 0.251. The maximum Gasteiger partial charge on any atom is 0.319 e. The number of hydrogen-bond acceptors (Lipinski definition) is 4. The molecule has 0 spiro atoms. The van der Waals surface area contributed by atoms with Crippen LogP contribution in [0.1, 0.15) is 26.7 Å². The Morgan fingerprint density at radius 1 is 1.38 bits per heavy atom. The number of nitrogens with zero attached hydrogens (tertiary/aromatic N) is 1. The van der Waals surface area contributed by atoms with Gasteiger partial charge in [-0.1, -0.05) is 13.8 Å². The van der Waals surface area contributed by atoms with Gasteiger partial charge in [0.2, 0.25) is 10.0 Å². The van der Waals surface area contributed by atoms with Crippen molar-refractivity contribution in [1.82, 2.24) is 5.32 Å². The highest BCUT2D eigenvalue weighted by molar-refractivity contribution is 7.93. The first-order chi connectivity index (χ1) is 11.3. The van der Waals surface area contributed by atoms with Gasteiger partial charge in [-0.25, -0.2) is 13.2 Å². The number of carbonyl (C=O) groups excluding carboxylic acids is 1. The van der Waals surface area contributed by atoms with Gasteiger partial charge in [0.25, 0.3) is 0 Å². The van der Waals surface area contributed by atoms with Crippen molar-refractivity contribution in [3.8, 4) is 5.75 Å². The van der Waals surface area contributed by atoms with Gasteiger partial charge in [0.05, 0.1) is 18.6 Å². The molecule has 0 saturated carbocycles. The largest absolute Gasteiger partial charge is 0.494 e. The third-order valence-electron chi connectivity index (χ3n) is 3.81. The number of carbonyl (C=O) groups is 1. The monoisotopic (exact) mass is 355 g/mol. The van der Waals surface area contributed by atoms with Gasteiger partial charge in [-0.2, -0.15) is 0 Å². The van der Waals surface area contributed by atoms with E-state index in [4.69, 9.17) is 4.74 Å². The molecular formula is C16H25N3O4S. The molecule has 1 aromatic carbocycles. The van der Waals surface area contributed by atoms with E-state index < -0.39 is 10.0 Å². The Kier molecular flexibility index (Phi) is 5.93. The van der Waals surface area contributed by atoms with Crippen LogP contribution >= 0.6 is 0 Å². The molecule has 0 bridgehead atoms. The Balaban J connectivity index is 2.07. The zero-order chi connectivity index (χ0) is 17.7. The van der Waals surface area contributed by atoms with E-state index in [0.29, 0.717) is 42.6 Å². The third-order valence-corrected chi connectivity index (χ3v) is 5.67. The topological polar surface area (TPSA) is 87.7 Å². The second kappa shape index (κ2) is 7.74. The molecule has 1 aliphatic rings. The Morgan fingerprint density at radius 2 is 2.12 bits per heavy atom. The summed E-state index contributed by atoms with van der Waals surface area (Å²) in [7, 11) is -1.80. The Morgan fingerprint density at radius 3 is 2.71 bits per heavy atom. The smallest absolute Gasteiger partial charge is 0.319 e. The van der Waals surface area contributed by atoms with Crippen molar-refractivity contribution < 1.29 is 17.9 Å². The number of amides is 2. The SMILES string of the molecule is COc1cc(NC(=O)NCCC(C)C)ccc1N1CCCS1(=O)=O. The minimum absolute atomic E-state index is 0.147. The van der Waals surface area contributed by atoms with Crippen molar-refractivity contribution in [2.45, 2.75) is 26.7 Å². The molecule has 24 heavy (non-hydrogen) atoms. The number of anilines is 2. The fourth-order valence-electron chi connectivity index (χ4n) is 2.52.